The molecule has 4 heteroatoms. The number of nitrogens with zero attached hydrogens (tertiary/aromatic N) is 1. The second-order valence-corrected chi connectivity index (χ2v) is 5.02. The van der Waals surface area contributed by atoms with E-state index in [2.05, 4.69) is 41.2 Å². The predicted octanol–water partition coefficient (Wildman–Crippen LogP) is 3.07. The van der Waals surface area contributed by atoms with Gasteiger partial charge in [0.1, 0.15) is 5.82 Å². The zero-order valence-electron chi connectivity index (χ0n) is 12.2. The van der Waals surface area contributed by atoms with Gasteiger partial charge >= 0.3 is 0 Å². The summed E-state index contributed by atoms with van der Waals surface area (Å²) in [5, 5.41) is 0. The maximum Gasteiger partial charge on any atom is 0.123 e. The van der Waals surface area contributed by atoms with Crippen LogP contribution in [0.4, 0.5) is 0 Å². The van der Waals surface area contributed by atoms with Gasteiger partial charge in [-0.2, -0.15) is 0 Å². The summed E-state index contributed by atoms with van der Waals surface area (Å²) in [5.74, 6) is 0.815. The molecule has 0 saturated heterocycles. The summed E-state index contributed by atoms with van der Waals surface area (Å²) in [6.07, 6.45) is 4.90. The lowest BCUT2D eigenvalue weighted by Gasteiger charge is -2.07. The van der Waals surface area contributed by atoms with Gasteiger partial charge in [-0.15, -0.1) is 0 Å². The van der Waals surface area contributed by atoms with E-state index in [4.69, 9.17) is 10.5 Å². The van der Waals surface area contributed by atoms with Gasteiger partial charge < -0.3 is 15.5 Å². The third kappa shape index (κ3) is 3.68. The van der Waals surface area contributed by atoms with Crippen molar-refractivity contribution in [2.24, 2.45) is 5.73 Å². The summed E-state index contributed by atoms with van der Waals surface area (Å²) in [6.45, 7) is 2.83. The molecule has 0 bridgehead atoms. The number of ether oxygens (including phenoxy) is 1. The first kappa shape index (κ1) is 14.8. The number of benzene rings is 1. The van der Waals surface area contributed by atoms with Crippen molar-refractivity contribution in [3.8, 4) is 11.3 Å². The first-order valence-corrected chi connectivity index (χ1v) is 7.13. The predicted molar refractivity (Wildman–Crippen MR) is 81.4 cm³/mol. The number of aromatic nitrogens is 2. The Morgan fingerprint density at radius 2 is 2.05 bits per heavy atom. The third-order valence-electron chi connectivity index (χ3n) is 3.38. The van der Waals surface area contributed by atoms with Crippen LogP contribution in [0.2, 0.25) is 0 Å². The van der Waals surface area contributed by atoms with E-state index in [0.717, 1.165) is 29.9 Å². The normalized spacial score (nSPS) is 12.6. The highest BCUT2D eigenvalue weighted by molar-refractivity contribution is 5.58. The Balaban J connectivity index is 2.07. The van der Waals surface area contributed by atoms with E-state index in [1.165, 1.54) is 12.0 Å². The largest absolute Gasteiger partial charge is 0.385 e. The topological polar surface area (TPSA) is 63.9 Å². The Morgan fingerprint density at radius 3 is 2.70 bits per heavy atom. The number of hydrogen-bond donors (Lipinski definition) is 2. The lowest BCUT2D eigenvalue weighted by atomic mass is 10.1. The van der Waals surface area contributed by atoms with Crippen LogP contribution >= 0.6 is 0 Å². The summed E-state index contributed by atoms with van der Waals surface area (Å²) in [6, 6.07) is 8.49. The molecule has 1 heterocycles. The zero-order valence-corrected chi connectivity index (χ0v) is 12.2. The monoisotopic (exact) mass is 273 g/mol. The number of H-pyrrole nitrogens is 1. The van der Waals surface area contributed by atoms with Gasteiger partial charge in [0.15, 0.2) is 0 Å². The zero-order chi connectivity index (χ0) is 14.4. The van der Waals surface area contributed by atoms with E-state index in [1.54, 1.807) is 7.11 Å². The number of imidazole rings is 1. The van der Waals surface area contributed by atoms with Gasteiger partial charge in [0.25, 0.3) is 0 Å². The molecule has 3 N–H and O–H groups in total. The number of methoxy groups -OCH3 is 1. The fraction of sp³-hybridized carbons (Fsp3) is 0.438. The minimum atomic E-state index is -0.108. The van der Waals surface area contributed by atoms with Gasteiger partial charge in [-0.3, -0.25) is 0 Å². The minimum absolute atomic E-state index is 0.108. The molecule has 1 aromatic carbocycles. The molecular weight excluding hydrogens is 250 g/mol. The van der Waals surface area contributed by atoms with Crippen LogP contribution in [0.5, 0.6) is 0 Å². The Hall–Kier alpha value is -1.65. The second-order valence-electron chi connectivity index (χ2n) is 5.02. The minimum Gasteiger partial charge on any atom is -0.385 e. The molecule has 0 fully saturated rings. The van der Waals surface area contributed by atoms with E-state index in [0.29, 0.717) is 6.61 Å². The van der Waals surface area contributed by atoms with E-state index < -0.39 is 0 Å². The lowest BCUT2D eigenvalue weighted by molar-refractivity contribution is 0.187. The van der Waals surface area contributed by atoms with Crippen molar-refractivity contribution in [1.82, 2.24) is 9.97 Å². The Morgan fingerprint density at radius 1 is 1.30 bits per heavy atom. The highest BCUT2D eigenvalue weighted by atomic mass is 16.5. The fourth-order valence-corrected chi connectivity index (χ4v) is 2.19. The average Bonchev–Trinajstić information content (AvgIpc) is 2.96. The average molecular weight is 273 g/mol. The number of aromatic amines is 1. The van der Waals surface area contributed by atoms with Crippen molar-refractivity contribution in [2.45, 2.75) is 32.2 Å². The van der Waals surface area contributed by atoms with Gasteiger partial charge in [0.2, 0.25) is 0 Å². The van der Waals surface area contributed by atoms with Crippen LogP contribution in [-0.2, 0) is 11.2 Å². The van der Waals surface area contributed by atoms with Crippen LogP contribution < -0.4 is 5.73 Å². The summed E-state index contributed by atoms with van der Waals surface area (Å²) >= 11 is 0. The SMILES string of the molecule is CCCc1ccc(-c2cnc(C(N)CCOC)[nH]2)cc1. The molecule has 108 valence electrons. The summed E-state index contributed by atoms with van der Waals surface area (Å²) in [5.41, 5.74) is 9.58. The van der Waals surface area contributed by atoms with Crippen LogP contribution in [0.25, 0.3) is 11.3 Å². The maximum atomic E-state index is 6.06. The molecule has 1 aromatic heterocycles. The smallest absolute Gasteiger partial charge is 0.123 e. The molecular formula is C16H23N3O. The first-order chi connectivity index (χ1) is 9.74. The van der Waals surface area contributed by atoms with Crippen LogP contribution in [0, 0.1) is 0 Å². The maximum absolute atomic E-state index is 6.06. The van der Waals surface area contributed by atoms with Crippen molar-refractivity contribution in [3.05, 3.63) is 41.9 Å². The highest BCUT2D eigenvalue weighted by Crippen LogP contribution is 2.20. The summed E-state index contributed by atoms with van der Waals surface area (Å²) < 4.78 is 5.04. The van der Waals surface area contributed by atoms with Gasteiger partial charge in [0.05, 0.1) is 17.9 Å². The van der Waals surface area contributed by atoms with E-state index in [1.807, 2.05) is 6.20 Å². The van der Waals surface area contributed by atoms with E-state index >= 15 is 0 Å². The molecule has 0 amide bonds. The molecule has 0 spiro atoms. The highest BCUT2D eigenvalue weighted by Gasteiger charge is 2.10. The van der Waals surface area contributed by atoms with Gasteiger partial charge in [-0.25, -0.2) is 4.98 Å². The molecule has 2 rings (SSSR count). The van der Waals surface area contributed by atoms with E-state index in [-0.39, 0.29) is 6.04 Å². The van der Waals surface area contributed by atoms with Gasteiger partial charge in [-0.1, -0.05) is 37.6 Å². The van der Waals surface area contributed by atoms with Crippen LogP contribution in [0.3, 0.4) is 0 Å². The Labute approximate surface area is 120 Å². The molecule has 20 heavy (non-hydrogen) atoms. The van der Waals surface area contributed by atoms with Crippen molar-refractivity contribution in [3.63, 3.8) is 0 Å². The Bertz CT molecular complexity index is 519. The molecule has 0 radical (unpaired) electrons. The van der Waals surface area contributed by atoms with Gasteiger partial charge in [-0.05, 0) is 24.0 Å². The molecule has 1 unspecified atom stereocenters. The lowest BCUT2D eigenvalue weighted by Crippen LogP contribution is -2.14. The molecule has 2 aromatic rings. The fourth-order valence-electron chi connectivity index (χ4n) is 2.19. The third-order valence-corrected chi connectivity index (χ3v) is 3.38. The number of aryl methyl sites for hydroxylation is 1. The van der Waals surface area contributed by atoms with Crippen LogP contribution in [0.1, 0.15) is 37.2 Å². The number of rotatable bonds is 7. The second kappa shape index (κ2) is 7.22. The number of hydrogen-bond acceptors (Lipinski definition) is 3. The van der Waals surface area contributed by atoms with Crippen LogP contribution in [-0.4, -0.2) is 23.7 Å². The standard InChI is InChI=1S/C16H23N3O/c1-3-4-12-5-7-13(8-6-12)15-11-18-16(19-15)14(17)9-10-20-2/h5-8,11,14H,3-4,9-10,17H2,1-2H3,(H,18,19). The van der Waals surface area contributed by atoms with Crippen molar-refractivity contribution in [1.29, 1.82) is 0 Å². The molecule has 0 saturated carbocycles. The van der Waals surface area contributed by atoms with Crippen molar-refractivity contribution < 1.29 is 4.74 Å². The summed E-state index contributed by atoms with van der Waals surface area (Å²) in [7, 11) is 1.68. The number of nitrogens with one attached hydrogen (secondary N) is 1. The van der Waals surface area contributed by atoms with Gasteiger partial charge in [0, 0.05) is 13.7 Å². The first-order valence-electron chi connectivity index (χ1n) is 7.13. The van der Waals surface area contributed by atoms with Crippen LogP contribution in [0.15, 0.2) is 30.5 Å². The van der Waals surface area contributed by atoms with Crippen molar-refractivity contribution in [2.75, 3.05) is 13.7 Å². The molecule has 0 aliphatic heterocycles. The Kier molecular flexibility index (Phi) is 5.32. The van der Waals surface area contributed by atoms with E-state index in [9.17, 15) is 0 Å². The molecule has 4 nitrogen and oxygen atoms in total. The molecule has 1 atom stereocenters. The number of nitrogens with two attached hydrogens (primary N) is 1. The summed E-state index contributed by atoms with van der Waals surface area (Å²) in [4.78, 5) is 7.67. The quantitative estimate of drug-likeness (QED) is 0.815. The molecule has 0 aliphatic carbocycles. The van der Waals surface area contributed by atoms with Crippen molar-refractivity contribution >= 4 is 0 Å². The molecule has 0 aliphatic rings.